The number of ether oxygens (including phenoxy) is 1. The lowest BCUT2D eigenvalue weighted by atomic mass is 9.89. The highest BCUT2D eigenvalue weighted by atomic mass is 35.5. The number of hydrogen-bond acceptors (Lipinski definition) is 3. The molecule has 1 aliphatic heterocycles. The van der Waals surface area contributed by atoms with Crippen LogP contribution in [0.25, 0.3) is 0 Å². The van der Waals surface area contributed by atoms with Gasteiger partial charge < -0.3 is 15.4 Å². The summed E-state index contributed by atoms with van der Waals surface area (Å²) in [6, 6.07) is 6.19. The highest BCUT2D eigenvalue weighted by Crippen LogP contribution is 2.35. The zero-order valence-corrected chi connectivity index (χ0v) is 11.2. The number of rotatable bonds is 1. The molecule has 2 unspecified atom stereocenters. The summed E-state index contributed by atoms with van der Waals surface area (Å²) in [7, 11) is 0. The van der Waals surface area contributed by atoms with Gasteiger partial charge in [-0.25, -0.2) is 0 Å². The number of anilines is 2. The molecular weight excluding hydrogens is 248 g/mol. The smallest absolute Gasteiger partial charge is 0.0779 e. The molecule has 0 amide bonds. The molecule has 2 N–H and O–H groups in total. The maximum Gasteiger partial charge on any atom is 0.0779 e. The molecule has 18 heavy (non-hydrogen) atoms. The number of benzene rings is 1. The fraction of sp³-hybridized carbons (Fsp3) is 0.571. The van der Waals surface area contributed by atoms with E-state index in [1.165, 1.54) is 25.7 Å². The quantitative estimate of drug-likeness (QED) is 0.794. The fourth-order valence-corrected chi connectivity index (χ4v) is 3.33. The molecule has 3 rings (SSSR count). The van der Waals surface area contributed by atoms with Crippen LogP contribution in [-0.4, -0.2) is 25.3 Å². The number of morpholine rings is 1. The van der Waals surface area contributed by atoms with E-state index < -0.39 is 0 Å². The summed E-state index contributed by atoms with van der Waals surface area (Å²) in [5.74, 6) is 0. The Labute approximate surface area is 113 Å². The van der Waals surface area contributed by atoms with E-state index in [2.05, 4.69) is 4.90 Å². The van der Waals surface area contributed by atoms with E-state index in [4.69, 9.17) is 22.1 Å². The summed E-state index contributed by atoms with van der Waals surface area (Å²) in [5.41, 5.74) is 7.98. The number of nitrogens with zero attached hydrogens (tertiary/aromatic N) is 1. The van der Waals surface area contributed by atoms with Crippen LogP contribution in [0.3, 0.4) is 0 Å². The molecule has 0 aromatic heterocycles. The molecule has 0 spiro atoms. The second kappa shape index (κ2) is 4.98. The molecule has 1 aromatic rings. The van der Waals surface area contributed by atoms with Crippen LogP contribution in [0.15, 0.2) is 18.2 Å². The van der Waals surface area contributed by atoms with Gasteiger partial charge in [-0.2, -0.15) is 0 Å². The van der Waals surface area contributed by atoms with E-state index >= 15 is 0 Å². The van der Waals surface area contributed by atoms with Crippen LogP contribution >= 0.6 is 11.6 Å². The van der Waals surface area contributed by atoms with Gasteiger partial charge in [-0.1, -0.05) is 24.4 Å². The predicted octanol–water partition coefficient (Wildman–Crippen LogP) is 3.07. The molecule has 98 valence electrons. The van der Waals surface area contributed by atoms with Crippen molar-refractivity contribution < 1.29 is 4.74 Å². The molecule has 0 radical (unpaired) electrons. The average molecular weight is 267 g/mol. The van der Waals surface area contributed by atoms with Gasteiger partial charge in [0.2, 0.25) is 0 Å². The summed E-state index contributed by atoms with van der Waals surface area (Å²) in [4.78, 5) is 2.40. The van der Waals surface area contributed by atoms with Crippen molar-refractivity contribution in [3.05, 3.63) is 23.2 Å². The van der Waals surface area contributed by atoms with Gasteiger partial charge in [-0.3, -0.25) is 0 Å². The van der Waals surface area contributed by atoms with Gasteiger partial charge in [0.1, 0.15) is 0 Å². The van der Waals surface area contributed by atoms with Gasteiger partial charge in [0.05, 0.1) is 30.1 Å². The predicted molar refractivity (Wildman–Crippen MR) is 75.2 cm³/mol. The van der Waals surface area contributed by atoms with Crippen molar-refractivity contribution in [3.63, 3.8) is 0 Å². The van der Waals surface area contributed by atoms with Crippen LogP contribution in [0.5, 0.6) is 0 Å². The number of hydrogen-bond donors (Lipinski definition) is 1. The highest BCUT2D eigenvalue weighted by Gasteiger charge is 2.34. The van der Waals surface area contributed by atoms with Crippen LogP contribution in [0.1, 0.15) is 25.7 Å². The number of fused-ring (bicyclic) bond motifs is 1. The Hall–Kier alpha value is -0.930. The fourth-order valence-electron chi connectivity index (χ4n) is 3.16. The molecule has 2 atom stereocenters. The molecular formula is C14H19ClN2O. The summed E-state index contributed by atoms with van der Waals surface area (Å²) in [6.07, 6.45) is 5.28. The Morgan fingerprint density at radius 2 is 2.11 bits per heavy atom. The van der Waals surface area contributed by atoms with Crippen LogP contribution in [0.4, 0.5) is 11.4 Å². The third kappa shape index (κ3) is 2.17. The van der Waals surface area contributed by atoms with Crippen molar-refractivity contribution in [2.75, 3.05) is 23.8 Å². The largest absolute Gasteiger partial charge is 0.397 e. The topological polar surface area (TPSA) is 38.5 Å². The second-order valence-corrected chi connectivity index (χ2v) is 5.59. The first-order valence-corrected chi connectivity index (χ1v) is 7.07. The lowest BCUT2D eigenvalue weighted by Crippen LogP contribution is -2.53. The van der Waals surface area contributed by atoms with Crippen molar-refractivity contribution in [2.45, 2.75) is 37.8 Å². The molecule has 1 aliphatic carbocycles. The van der Waals surface area contributed by atoms with Crippen molar-refractivity contribution in [3.8, 4) is 0 Å². The third-order valence-electron chi connectivity index (χ3n) is 4.03. The van der Waals surface area contributed by atoms with Gasteiger partial charge in [-0.15, -0.1) is 0 Å². The molecule has 0 bridgehead atoms. The van der Waals surface area contributed by atoms with E-state index in [1.54, 1.807) is 0 Å². The Morgan fingerprint density at radius 1 is 1.28 bits per heavy atom. The van der Waals surface area contributed by atoms with Crippen LogP contribution in [0.2, 0.25) is 5.02 Å². The SMILES string of the molecule is Nc1ccc(Cl)cc1N1CCOC2CCCCC21. The molecule has 1 heterocycles. The monoisotopic (exact) mass is 266 g/mol. The first-order valence-electron chi connectivity index (χ1n) is 6.69. The zero-order chi connectivity index (χ0) is 12.5. The van der Waals surface area contributed by atoms with Crippen molar-refractivity contribution in [1.82, 2.24) is 0 Å². The van der Waals surface area contributed by atoms with Gasteiger partial charge in [0, 0.05) is 11.6 Å². The normalized spacial score (nSPS) is 27.9. The minimum absolute atomic E-state index is 0.367. The lowest BCUT2D eigenvalue weighted by molar-refractivity contribution is -0.00861. The summed E-state index contributed by atoms with van der Waals surface area (Å²) >= 11 is 6.10. The molecule has 3 nitrogen and oxygen atoms in total. The second-order valence-electron chi connectivity index (χ2n) is 5.16. The highest BCUT2D eigenvalue weighted by molar-refractivity contribution is 6.31. The van der Waals surface area contributed by atoms with E-state index in [0.29, 0.717) is 12.1 Å². The maximum absolute atomic E-state index is 6.10. The van der Waals surface area contributed by atoms with Gasteiger partial charge in [0.15, 0.2) is 0 Å². The van der Waals surface area contributed by atoms with E-state index in [9.17, 15) is 0 Å². The summed E-state index contributed by atoms with van der Waals surface area (Å²) in [6.45, 7) is 1.69. The van der Waals surface area contributed by atoms with E-state index in [1.807, 2.05) is 18.2 Å². The van der Waals surface area contributed by atoms with Crippen LogP contribution in [0, 0.1) is 0 Å². The summed E-state index contributed by atoms with van der Waals surface area (Å²) in [5, 5.41) is 0.748. The molecule has 2 aliphatic rings. The van der Waals surface area contributed by atoms with Crippen molar-refractivity contribution in [2.24, 2.45) is 0 Å². The number of nitrogens with two attached hydrogens (primary N) is 1. The van der Waals surface area contributed by atoms with E-state index in [0.717, 1.165) is 29.5 Å². The molecule has 4 heteroatoms. The first-order chi connectivity index (χ1) is 8.75. The van der Waals surface area contributed by atoms with Crippen LogP contribution in [-0.2, 0) is 4.74 Å². The van der Waals surface area contributed by atoms with Crippen LogP contribution < -0.4 is 10.6 Å². The van der Waals surface area contributed by atoms with Gasteiger partial charge in [-0.05, 0) is 31.0 Å². The Morgan fingerprint density at radius 3 is 3.00 bits per heavy atom. The average Bonchev–Trinajstić information content (AvgIpc) is 2.41. The van der Waals surface area contributed by atoms with Crippen molar-refractivity contribution in [1.29, 1.82) is 0 Å². The zero-order valence-electron chi connectivity index (χ0n) is 10.4. The van der Waals surface area contributed by atoms with Gasteiger partial charge in [0.25, 0.3) is 0 Å². The Kier molecular flexibility index (Phi) is 3.35. The first kappa shape index (κ1) is 12.1. The van der Waals surface area contributed by atoms with E-state index in [-0.39, 0.29) is 0 Å². The Bertz CT molecular complexity index is 436. The number of halogens is 1. The number of nitrogen functional groups attached to an aromatic ring is 1. The van der Waals surface area contributed by atoms with Crippen molar-refractivity contribution >= 4 is 23.0 Å². The lowest BCUT2D eigenvalue weighted by Gasteiger charge is -2.45. The van der Waals surface area contributed by atoms with Gasteiger partial charge >= 0.3 is 0 Å². The molecule has 1 aromatic carbocycles. The maximum atomic E-state index is 6.10. The minimum Gasteiger partial charge on any atom is -0.397 e. The molecule has 1 saturated heterocycles. The minimum atomic E-state index is 0.367. The molecule has 1 saturated carbocycles. The molecule has 2 fully saturated rings. The summed E-state index contributed by atoms with van der Waals surface area (Å²) < 4.78 is 5.89. The third-order valence-corrected chi connectivity index (χ3v) is 4.27. The Balaban J connectivity index is 1.91. The standard InChI is InChI=1S/C14H19ClN2O/c15-10-5-6-11(16)13(9-10)17-7-8-18-14-4-2-1-3-12(14)17/h5-6,9,12,14H,1-4,7-8,16H2.